The quantitative estimate of drug-likeness (QED) is 0.181. The molecular weight excluding hydrogens is 802 g/mol. The van der Waals surface area contributed by atoms with E-state index in [1.54, 1.807) is 43.3 Å². The summed E-state index contributed by atoms with van der Waals surface area (Å²) in [6, 6.07) is 14.8. The van der Waals surface area contributed by atoms with Gasteiger partial charge in [-0.15, -0.1) is 11.8 Å². The molecule has 2 aromatic carbocycles. The van der Waals surface area contributed by atoms with E-state index < -0.39 is 128 Å². The number of nitrogens with one attached hydrogen (secondary N) is 1. The van der Waals surface area contributed by atoms with Gasteiger partial charge in [0, 0.05) is 20.8 Å². The monoisotopic (exact) mass is 847 g/mol. The van der Waals surface area contributed by atoms with Gasteiger partial charge in [-0.05, 0) is 30.0 Å². The summed E-state index contributed by atoms with van der Waals surface area (Å²) in [5.41, 5.74) is -0.757. The second-order valence-electron chi connectivity index (χ2n) is 13.4. The molecule has 11 atom stereocenters. The van der Waals surface area contributed by atoms with E-state index in [1.807, 2.05) is 0 Å². The molecule has 59 heavy (non-hydrogen) atoms. The maximum atomic E-state index is 13.8. The lowest BCUT2D eigenvalue weighted by atomic mass is 9.89. The van der Waals surface area contributed by atoms with E-state index >= 15 is 0 Å². The van der Waals surface area contributed by atoms with Crippen molar-refractivity contribution < 1.29 is 86.0 Å². The first-order valence-corrected chi connectivity index (χ1v) is 19.5. The van der Waals surface area contributed by atoms with Crippen molar-refractivity contribution in [2.24, 2.45) is 0 Å². The van der Waals surface area contributed by atoms with E-state index in [9.17, 15) is 38.7 Å². The Morgan fingerprint density at radius 2 is 1.47 bits per heavy atom. The molecule has 0 spiro atoms. The number of hydrogen-bond donors (Lipinski definition) is 2. The second kappa shape index (κ2) is 20.1. The Bertz CT molecular complexity index is 1830. The van der Waals surface area contributed by atoms with Crippen LogP contribution in [0.1, 0.15) is 54.8 Å². The molecule has 0 aromatic heterocycles. The van der Waals surface area contributed by atoms with Crippen LogP contribution in [-0.4, -0.2) is 139 Å². The highest BCUT2D eigenvalue weighted by atomic mass is 32.2. The number of ether oxygens (including phenoxy) is 10. The Morgan fingerprint density at radius 1 is 0.881 bits per heavy atom. The number of hydrogen-bond acceptors (Lipinski definition) is 19. The Labute approximate surface area is 342 Å². The van der Waals surface area contributed by atoms with Gasteiger partial charge in [0.1, 0.15) is 36.5 Å². The van der Waals surface area contributed by atoms with E-state index in [2.05, 4.69) is 5.32 Å². The average molecular weight is 848 g/mol. The lowest BCUT2D eigenvalue weighted by Gasteiger charge is -2.47. The molecule has 3 aliphatic rings. The molecule has 320 valence electrons. The largest absolute Gasteiger partial charge is 0.465 e. The molecule has 0 aliphatic carbocycles. The fourth-order valence-electron chi connectivity index (χ4n) is 6.74. The number of carbonyl (C=O) groups is 7. The van der Waals surface area contributed by atoms with Gasteiger partial charge in [0.15, 0.2) is 24.4 Å². The van der Waals surface area contributed by atoms with Gasteiger partial charge in [-0.25, -0.2) is 19.2 Å². The van der Waals surface area contributed by atoms with Gasteiger partial charge in [0.25, 0.3) is 5.79 Å². The molecule has 5 rings (SSSR count). The first-order valence-electron chi connectivity index (χ1n) is 18.5. The van der Waals surface area contributed by atoms with E-state index in [0.717, 1.165) is 27.9 Å². The van der Waals surface area contributed by atoms with Gasteiger partial charge in [-0.2, -0.15) is 0 Å². The number of rotatable bonds is 16. The number of thioether (sulfide) groups is 1. The lowest BCUT2D eigenvalue weighted by molar-refractivity contribution is -0.319. The fourth-order valence-corrected chi connectivity index (χ4v) is 7.69. The molecule has 3 fully saturated rings. The predicted octanol–water partition coefficient (Wildman–Crippen LogP) is 1.85. The Morgan fingerprint density at radius 3 is 2.02 bits per heavy atom. The van der Waals surface area contributed by atoms with Crippen LogP contribution in [0.4, 0.5) is 4.79 Å². The summed E-state index contributed by atoms with van der Waals surface area (Å²) in [5.74, 6) is -7.45. The van der Waals surface area contributed by atoms with Crippen molar-refractivity contribution in [1.29, 1.82) is 0 Å². The Balaban J connectivity index is 1.49. The van der Waals surface area contributed by atoms with Crippen molar-refractivity contribution in [2.75, 3.05) is 26.1 Å². The van der Waals surface area contributed by atoms with Gasteiger partial charge in [0.05, 0.1) is 37.3 Å². The molecule has 1 amide bonds. The third-order valence-corrected chi connectivity index (χ3v) is 10.3. The summed E-state index contributed by atoms with van der Waals surface area (Å²) >= 11 is 1.17. The van der Waals surface area contributed by atoms with Crippen LogP contribution in [0.5, 0.6) is 0 Å². The van der Waals surface area contributed by atoms with Crippen molar-refractivity contribution in [2.45, 2.75) is 100 Å². The number of aliphatic hydroxyl groups excluding tert-OH is 1. The number of esters is 6. The van der Waals surface area contributed by atoms with Crippen LogP contribution >= 0.6 is 11.8 Å². The Hall–Kier alpha value is -5.28. The number of carbonyl (C=O) groups excluding carboxylic acids is 7. The number of fused-ring (bicyclic) bond motifs is 1. The van der Waals surface area contributed by atoms with Crippen molar-refractivity contribution in [3.8, 4) is 0 Å². The van der Waals surface area contributed by atoms with Gasteiger partial charge in [-0.1, -0.05) is 43.3 Å². The van der Waals surface area contributed by atoms with Crippen LogP contribution in [0, 0.1) is 0 Å². The minimum Gasteiger partial charge on any atom is -0.465 e. The molecular formula is C39H45NO18S. The first kappa shape index (κ1) is 44.8. The maximum absolute atomic E-state index is 13.8. The Kier molecular flexibility index (Phi) is 15.3. The molecule has 3 heterocycles. The number of amides is 1. The zero-order chi connectivity index (χ0) is 42.9. The zero-order valence-electron chi connectivity index (χ0n) is 32.7. The number of methoxy groups -OCH3 is 1. The van der Waals surface area contributed by atoms with E-state index in [0.29, 0.717) is 5.75 Å². The lowest BCUT2D eigenvalue weighted by Crippen LogP contribution is -2.67. The van der Waals surface area contributed by atoms with Gasteiger partial charge < -0.3 is 57.8 Å². The average Bonchev–Trinajstić information content (AvgIpc) is 3.59. The van der Waals surface area contributed by atoms with Gasteiger partial charge >= 0.3 is 41.9 Å². The van der Waals surface area contributed by atoms with Crippen LogP contribution in [0.3, 0.4) is 0 Å². The summed E-state index contributed by atoms with van der Waals surface area (Å²) in [6.07, 6.45) is -13.6. The highest BCUT2D eigenvalue weighted by Gasteiger charge is 2.62. The van der Waals surface area contributed by atoms with Crippen molar-refractivity contribution in [3.05, 3.63) is 71.8 Å². The topological polar surface area (TPSA) is 244 Å². The maximum Gasteiger partial charge on any atom is 0.407 e. The third-order valence-electron chi connectivity index (χ3n) is 9.29. The molecule has 0 unspecified atom stereocenters. The molecule has 0 bridgehead atoms. The summed E-state index contributed by atoms with van der Waals surface area (Å²) in [6.45, 7) is 3.65. The van der Waals surface area contributed by atoms with Crippen molar-refractivity contribution in [3.63, 3.8) is 0 Å². The predicted molar refractivity (Wildman–Crippen MR) is 199 cm³/mol. The molecule has 3 saturated heterocycles. The standard InChI is InChI=1S/C39H45NO18S/c1-6-59-36-33(57-35(46)24-15-11-8-12-16-24)32(56-34(45)23-13-9-7-10-14-23)29(44)26(54-36)19-51-39(37(47)49-5)17-25-28(40-38(48)55-25)31(58-39)30(53-22(4)43)27(52-21(3)42)18-50-20(2)41/h7-16,25-33,36,44H,6,17-19H2,1-5H3,(H,40,48)/t25-,26+,27+,28+,29-,30-,31+,32-,33+,36-,39+/m0/s1. The molecule has 3 aliphatic heterocycles. The summed E-state index contributed by atoms with van der Waals surface area (Å²) in [7, 11) is 1.02. The third kappa shape index (κ3) is 11.1. The number of benzene rings is 2. The minimum atomic E-state index is -2.50. The van der Waals surface area contributed by atoms with Crippen LogP contribution in [-0.2, 0) is 66.5 Å². The molecule has 0 radical (unpaired) electrons. The van der Waals surface area contributed by atoms with Gasteiger partial charge in [0.2, 0.25) is 0 Å². The van der Waals surface area contributed by atoms with Crippen molar-refractivity contribution in [1.82, 2.24) is 5.32 Å². The first-order chi connectivity index (χ1) is 28.2. The van der Waals surface area contributed by atoms with E-state index in [-0.39, 0.29) is 11.1 Å². The summed E-state index contributed by atoms with van der Waals surface area (Å²) in [5, 5.41) is 14.4. The molecule has 20 heteroatoms. The number of aliphatic hydroxyl groups is 1. The van der Waals surface area contributed by atoms with E-state index in [1.165, 1.54) is 36.0 Å². The highest BCUT2D eigenvalue weighted by molar-refractivity contribution is 7.99. The summed E-state index contributed by atoms with van der Waals surface area (Å²) < 4.78 is 57.0. The van der Waals surface area contributed by atoms with Crippen molar-refractivity contribution >= 4 is 53.7 Å². The van der Waals surface area contributed by atoms with Crippen LogP contribution < -0.4 is 5.32 Å². The van der Waals surface area contributed by atoms with E-state index in [4.69, 9.17) is 47.4 Å². The molecule has 0 saturated carbocycles. The fraction of sp³-hybridized carbons (Fsp3) is 0.513. The number of alkyl carbamates (subject to hydrolysis) is 1. The zero-order valence-corrected chi connectivity index (χ0v) is 33.5. The minimum absolute atomic E-state index is 0.135. The highest BCUT2D eigenvalue weighted by Crippen LogP contribution is 2.40. The van der Waals surface area contributed by atoms with Crippen LogP contribution in [0.15, 0.2) is 60.7 Å². The van der Waals surface area contributed by atoms with Crippen LogP contribution in [0.2, 0.25) is 0 Å². The molecule has 19 nitrogen and oxygen atoms in total. The van der Waals surface area contributed by atoms with Gasteiger partial charge in [-0.3, -0.25) is 14.4 Å². The SMILES string of the molecule is CCS[C@@H]1O[C@H](CO[C@]2(C(=O)OC)C[C@@H]3OC(=O)N[C@H]3[C@H]([C@@H](OC(C)=O)[C@@H](COC(C)=O)OC(C)=O)O2)[C@H](O)[C@H](OC(=O)c2ccccc2)[C@H]1OC(=O)c1ccccc1. The normalized spacial score (nSPS) is 28.3. The molecule has 2 aromatic rings. The smallest absolute Gasteiger partial charge is 0.407 e. The summed E-state index contributed by atoms with van der Waals surface area (Å²) in [4.78, 5) is 89.7. The second-order valence-corrected chi connectivity index (χ2v) is 14.8. The molecule has 2 N–H and O–H groups in total. The van der Waals surface area contributed by atoms with Crippen LogP contribution in [0.25, 0.3) is 0 Å².